The highest BCUT2D eigenvalue weighted by atomic mass is 32.1. The summed E-state index contributed by atoms with van der Waals surface area (Å²) >= 11 is 1.31. The zero-order chi connectivity index (χ0) is 14.7. The third-order valence-electron chi connectivity index (χ3n) is 3.31. The number of carbonyl (C=O) groups excluding carboxylic acids is 2. The van der Waals surface area contributed by atoms with Crippen LogP contribution in [-0.4, -0.2) is 58.9 Å². The molecule has 1 aromatic rings. The van der Waals surface area contributed by atoms with Crippen LogP contribution in [-0.2, 0) is 9.59 Å². The fourth-order valence-electron chi connectivity index (χ4n) is 2.28. The van der Waals surface area contributed by atoms with Crippen LogP contribution >= 0.6 is 11.3 Å². The van der Waals surface area contributed by atoms with Gasteiger partial charge in [0.1, 0.15) is 6.04 Å². The summed E-state index contributed by atoms with van der Waals surface area (Å²) in [7, 11) is 1.55. The van der Waals surface area contributed by atoms with Crippen molar-refractivity contribution in [1.29, 1.82) is 0 Å². The number of thiophene rings is 1. The van der Waals surface area contributed by atoms with Gasteiger partial charge in [-0.25, -0.2) is 4.79 Å². The molecule has 2 amide bonds. The highest BCUT2D eigenvalue weighted by molar-refractivity contribution is 7.12. The smallest absolute Gasteiger partial charge is 0.326 e. The van der Waals surface area contributed by atoms with Crippen molar-refractivity contribution in [3.05, 3.63) is 22.4 Å². The lowest BCUT2D eigenvalue weighted by molar-refractivity contribution is -0.148. The molecule has 1 N–H and O–H groups in total. The van der Waals surface area contributed by atoms with Gasteiger partial charge in [-0.2, -0.15) is 0 Å². The minimum absolute atomic E-state index is 0.0967. The number of rotatable bonds is 4. The van der Waals surface area contributed by atoms with E-state index in [1.165, 1.54) is 21.1 Å². The van der Waals surface area contributed by atoms with Crippen LogP contribution in [0.15, 0.2) is 17.5 Å². The van der Waals surface area contributed by atoms with Gasteiger partial charge < -0.3 is 14.9 Å². The molecule has 2 rings (SSSR count). The average molecular weight is 296 g/mol. The van der Waals surface area contributed by atoms with Crippen molar-refractivity contribution in [1.82, 2.24) is 9.80 Å². The summed E-state index contributed by atoms with van der Waals surface area (Å²) in [5.41, 5.74) is 0. The van der Waals surface area contributed by atoms with E-state index in [1.807, 2.05) is 0 Å². The fourth-order valence-corrected chi connectivity index (χ4v) is 2.99. The van der Waals surface area contributed by atoms with Gasteiger partial charge >= 0.3 is 5.97 Å². The Bertz CT molecular complexity index is 514. The fraction of sp³-hybridized carbons (Fsp3) is 0.462. The van der Waals surface area contributed by atoms with E-state index < -0.39 is 12.0 Å². The van der Waals surface area contributed by atoms with Crippen molar-refractivity contribution >= 4 is 29.1 Å². The van der Waals surface area contributed by atoms with Gasteiger partial charge in [0.25, 0.3) is 5.91 Å². The lowest BCUT2D eigenvalue weighted by Gasteiger charge is -2.24. The first kappa shape index (κ1) is 14.5. The zero-order valence-electron chi connectivity index (χ0n) is 11.1. The lowest BCUT2D eigenvalue weighted by Crippen LogP contribution is -2.45. The summed E-state index contributed by atoms with van der Waals surface area (Å²) in [6.07, 6.45) is 1.16. The molecule has 108 valence electrons. The van der Waals surface area contributed by atoms with Gasteiger partial charge in [-0.15, -0.1) is 11.3 Å². The first-order valence-corrected chi connectivity index (χ1v) is 7.20. The number of amides is 2. The summed E-state index contributed by atoms with van der Waals surface area (Å²) in [6.45, 7) is 0.345. The average Bonchev–Trinajstić information content (AvgIpc) is 3.08. The van der Waals surface area contributed by atoms with Crippen molar-refractivity contribution in [2.45, 2.75) is 18.9 Å². The molecule has 0 aromatic carbocycles. The quantitative estimate of drug-likeness (QED) is 0.895. The molecule has 0 aliphatic carbocycles. The van der Waals surface area contributed by atoms with Crippen LogP contribution in [0.25, 0.3) is 0 Å². The minimum Gasteiger partial charge on any atom is -0.480 e. The van der Waals surface area contributed by atoms with Gasteiger partial charge in [-0.3, -0.25) is 9.59 Å². The number of hydrogen-bond donors (Lipinski definition) is 1. The van der Waals surface area contributed by atoms with Gasteiger partial charge in [-0.1, -0.05) is 6.07 Å². The van der Waals surface area contributed by atoms with Gasteiger partial charge in [-0.05, 0) is 24.3 Å². The summed E-state index contributed by atoms with van der Waals surface area (Å²) < 4.78 is 0. The first-order chi connectivity index (χ1) is 9.50. The van der Waals surface area contributed by atoms with E-state index in [9.17, 15) is 14.4 Å². The summed E-state index contributed by atoms with van der Waals surface area (Å²) in [6, 6.07) is 2.71. The predicted molar refractivity (Wildman–Crippen MR) is 73.7 cm³/mol. The molecule has 7 heteroatoms. The monoisotopic (exact) mass is 296 g/mol. The number of likely N-dealkylation sites (tertiary alicyclic amines) is 1. The number of likely N-dealkylation sites (N-methyl/N-ethyl adjacent to an activating group) is 1. The second kappa shape index (κ2) is 6.04. The molecule has 0 spiro atoms. The molecule has 1 aromatic heterocycles. The Labute approximate surface area is 120 Å². The van der Waals surface area contributed by atoms with E-state index in [-0.39, 0.29) is 18.4 Å². The van der Waals surface area contributed by atoms with Gasteiger partial charge in [0.05, 0.1) is 11.4 Å². The van der Waals surface area contributed by atoms with Crippen molar-refractivity contribution < 1.29 is 19.5 Å². The van der Waals surface area contributed by atoms with Crippen molar-refractivity contribution in [3.8, 4) is 0 Å². The number of aliphatic carboxylic acids is 1. The SMILES string of the molecule is CN(CC(=O)N1CCCC1C(=O)O)C(=O)c1cccs1. The number of carboxylic acid groups (broad SMARTS) is 1. The Morgan fingerprint density at radius 1 is 1.50 bits per heavy atom. The van der Waals surface area contributed by atoms with E-state index >= 15 is 0 Å². The van der Waals surface area contributed by atoms with Crippen molar-refractivity contribution in [2.24, 2.45) is 0 Å². The molecule has 1 atom stereocenters. The van der Waals surface area contributed by atoms with Crippen LogP contribution in [0.5, 0.6) is 0 Å². The van der Waals surface area contributed by atoms with Crippen LogP contribution in [0.2, 0.25) is 0 Å². The molecule has 0 saturated carbocycles. The molecule has 1 unspecified atom stereocenters. The predicted octanol–water partition coefficient (Wildman–Crippen LogP) is 0.896. The van der Waals surface area contributed by atoms with Crippen LogP contribution in [0, 0.1) is 0 Å². The molecular formula is C13H16N2O4S. The molecule has 1 aliphatic heterocycles. The normalized spacial score (nSPS) is 18.1. The van der Waals surface area contributed by atoms with Crippen LogP contribution in [0.1, 0.15) is 22.5 Å². The molecule has 0 radical (unpaired) electrons. The highest BCUT2D eigenvalue weighted by Crippen LogP contribution is 2.18. The van der Waals surface area contributed by atoms with E-state index in [1.54, 1.807) is 24.6 Å². The van der Waals surface area contributed by atoms with Gasteiger partial charge in [0.15, 0.2) is 0 Å². The Balaban J connectivity index is 1.97. The third-order valence-corrected chi connectivity index (χ3v) is 4.17. The third kappa shape index (κ3) is 2.98. The Hall–Kier alpha value is -1.89. The Morgan fingerprint density at radius 2 is 2.25 bits per heavy atom. The summed E-state index contributed by atoms with van der Waals surface area (Å²) in [4.78, 5) is 38.4. The van der Waals surface area contributed by atoms with Crippen molar-refractivity contribution in [3.63, 3.8) is 0 Å². The Morgan fingerprint density at radius 3 is 2.85 bits per heavy atom. The minimum atomic E-state index is -0.983. The van der Waals surface area contributed by atoms with Crippen LogP contribution < -0.4 is 0 Å². The number of carboxylic acids is 1. The summed E-state index contributed by atoms with van der Waals surface area (Å²) in [5, 5.41) is 10.8. The zero-order valence-corrected chi connectivity index (χ0v) is 11.9. The molecule has 1 saturated heterocycles. The van der Waals surface area contributed by atoms with E-state index in [0.717, 1.165) is 0 Å². The molecule has 6 nitrogen and oxygen atoms in total. The maximum absolute atomic E-state index is 12.1. The maximum atomic E-state index is 12.1. The van der Waals surface area contributed by atoms with E-state index in [4.69, 9.17) is 5.11 Å². The molecule has 20 heavy (non-hydrogen) atoms. The topological polar surface area (TPSA) is 77.9 Å². The lowest BCUT2D eigenvalue weighted by atomic mass is 10.2. The first-order valence-electron chi connectivity index (χ1n) is 6.32. The van der Waals surface area contributed by atoms with Crippen LogP contribution in [0.4, 0.5) is 0 Å². The van der Waals surface area contributed by atoms with Gasteiger partial charge in [0, 0.05) is 13.6 Å². The Kier molecular flexibility index (Phi) is 4.39. The molecular weight excluding hydrogens is 280 g/mol. The molecule has 0 bridgehead atoms. The molecule has 1 fully saturated rings. The molecule has 2 heterocycles. The standard InChI is InChI=1S/C13H16N2O4S/c1-14(12(17)10-5-3-7-20-10)8-11(16)15-6-2-4-9(15)13(18)19/h3,5,7,9H,2,4,6,8H2,1H3,(H,18,19). The maximum Gasteiger partial charge on any atom is 0.326 e. The molecule has 1 aliphatic rings. The second-order valence-electron chi connectivity index (χ2n) is 4.72. The second-order valence-corrected chi connectivity index (χ2v) is 5.67. The van der Waals surface area contributed by atoms with Crippen LogP contribution in [0.3, 0.4) is 0 Å². The van der Waals surface area contributed by atoms with E-state index in [0.29, 0.717) is 24.3 Å². The van der Waals surface area contributed by atoms with E-state index in [2.05, 4.69) is 0 Å². The largest absolute Gasteiger partial charge is 0.480 e. The van der Waals surface area contributed by atoms with Gasteiger partial charge in [0.2, 0.25) is 5.91 Å². The highest BCUT2D eigenvalue weighted by Gasteiger charge is 2.34. The van der Waals surface area contributed by atoms with Crippen molar-refractivity contribution in [2.75, 3.05) is 20.1 Å². The number of hydrogen-bond acceptors (Lipinski definition) is 4. The number of carbonyl (C=O) groups is 3. The number of nitrogens with zero attached hydrogens (tertiary/aromatic N) is 2. The summed E-state index contributed by atoms with van der Waals surface area (Å²) in [5.74, 6) is -1.52.